The largest absolute Gasteiger partial charge is 0.496 e. The van der Waals surface area contributed by atoms with Gasteiger partial charge >= 0.3 is 0 Å². The Balaban J connectivity index is 0.00000341. The molecule has 0 unspecified atom stereocenters. The predicted molar refractivity (Wildman–Crippen MR) is 132 cm³/mol. The first-order valence-electron chi connectivity index (χ1n) is 9.58. The molecule has 0 amide bonds. The Morgan fingerprint density at radius 1 is 0.968 bits per heavy atom. The summed E-state index contributed by atoms with van der Waals surface area (Å²) in [4.78, 5) is 7.43. The van der Waals surface area contributed by atoms with Gasteiger partial charge in [0, 0.05) is 48.9 Å². The molecule has 0 aliphatic heterocycles. The zero-order valence-corrected chi connectivity index (χ0v) is 20.4. The normalized spacial score (nSPS) is 11.1. The smallest absolute Gasteiger partial charge is 0.191 e. The first-order chi connectivity index (χ1) is 14.6. The molecular formula is C22H28FIN4O3. The second-order valence-electron chi connectivity index (χ2n) is 6.63. The summed E-state index contributed by atoms with van der Waals surface area (Å²) < 4.78 is 29.7. The van der Waals surface area contributed by atoms with E-state index >= 15 is 0 Å². The van der Waals surface area contributed by atoms with Gasteiger partial charge in [-0.3, -0.25) is 4.99 Å². The Labute approximate surface area is 198 Å². The Kier molecular flexibility index (Phi) is 9.22. The van der Waals surface area contributed by atoms with E-state index in [0.717, 1.165) is 28.5 Å². The number of ether oxygens (including phenoxy) is 3. The monoisotopic (exact) mass is 542 g/mol. The van der Waals surface area contributed by atoms with Gasteiger partial charge in [-0.2, -0.15) is 0 Å². The molecule has 31 heavy (non-hydrogen) atoms. The Morgan fingerprint density at radius 2 is 1.68 bits per heavy atom. The average Bonchev–Trinajstić information content (AvgIpc) is 3.17. The minimum atomic E-state index is -0.238. The van der Waals surface area contributed by atoms with Crippen molar-refractivity contribution in [3.8, 4) is 17.2 Å². The van der Waals surface area contributed by atoms with Crippen molar-refractivity contribution in [2.45, 2.75) is 13.0 Å². The number of fused-ring (bicyclic) bond motifs is 1. The highest BCUT2D eigenvalue weighted by molar-refractivity contribution is 14.0. The number of halogens is 2. The number of benzene rings is 2. The summed E-state index contributed by atoms with van der Waals surface area (Å²) in [6.45, 7) is 1.13. The summed E-state index contributed by atoms with van der Waals surface area (Å²) >= 11 is 0. The number of rotatable bonds is 8. The Bertz CT molecular complexity index is 1040. The maximum absolute atomic E-state index is 13.5. The minimum Gasteiger partial charge on any atom is -0.496 e. The molecule has 0 aliphatic carbocycles. The van der Waals surface area contributed by atoms with E-state index in [9.17, 15) is 4.39 Å². The number of aromatic nitrogens is 1. The molecule has 0 bridgehead atoms. The van der Waals surface area contributed by atoms with Crippen molar-refractivity contribution >= 4 is 40.8 Å². The second-order valence-corrected chi connectivity index (χ2v) is 6.63. The molecule has 0 atom stereocenters. The highest BCUT2D eigenvalue weighted by Gasteiger charge is 2.12. The van der Waals surface area contributed by atoms with Crippen LogP contribution in [0.1, 0.15) is 11.1 Å². The number of nitrogens with one attached hydrogen (secondary N) is 3. The first kappa shape index (κ1) is 24.6. The predicted octanol–water partition coefficient (Wildman–Crippen LogP) is 3.86. The van der Waals surface area contributed by atoms with Crippen molar-refractivity contribution in [2.24, 2.45) is 4.99 Å². The van der Waals surface area contributed by atoms with Crippen molar-refractivity contribution in [1.29, 1.82) is 0 Å². The van der Waals surface area contributed by atoms with E-state index in [4.69, 9.17) is 14.2 Å². The molecule has 0 fully saturated rings. The molecule has 0 saturated heterocycles. The van der Waals surface area contributed by atoms with Crippen molar-refractivity contribution in [3.05, 3.63) is 53.5 Å². The number of aliphatic imine (C=N–C) groups is 1. The molecular weight excluding hydrogens is 514 g/mol. The van der Waals surface area contributed by atoms with Crippen molar-refractivity contribution in [3.63, 3.8) is 0 Å². The summed E-state index contributed by atoms with van der Waals surface area (Å²) in [6.07, 6.45) is 2.64. The molecule has 0 radical (unpaired) electrons. The molecule has 3 rings (SSSR count). The fourth-order valence-corrected chi connectivity index (χ4v) is 3.30. The standard InChI is InChI=1S/C22H27FN4O3.HI/c1-24-22(25-8-7-14-12-26-18-6-5-16(23)10-17(14)18)27-13-15-9-20(29-3)21(30-4)11-19(15)28-2;/h5-6,9-12,26H,7-8,13H2,1-4H3,(H2,24,25,27);1H. The number of guanidine groups is 1. The molecule has 2 aromatic carbocycles. The van der Waals surface area contributed by atoms with Gasteiger partial charge in [0.15, 0.2) is 17.5 Å². The van der Waals surface area contributed by atoms with Crippen molar-refractivity contribution < 1.29 is 18.6 Å². The van der Waals surface area contributed by atoms with Crippen LogP contribution in [0.15, 0.2) is 41.5 Å². The Hall–Kier alpha value is -2.69. The first-order valence-corrected chi connectivity index (χ1v) is 9.58. The van der Waals surface area contributed by atoms with Crippen LogP contribution < -0.4 is 24.8 Å². The lowest BCUT2D eigenvalue weighted by molar-refractivity contribution is 0.347. The lowest BCUT2D eigenvalue weighted by Gasteiger charge is -2.16. The van der Waals surface area contributed by atoms with Crippen LogP contribution in [0.3, 0.4) is 0 Å². The SMILES string of the molecule is CN=C(NCCc1c[nH]c2ccc(F)cc12)NCc1cc(OC)c(OC)cc1OC.I. The van der Waals surface area contributed by atoms with E-state index in [1.165, 1.54) is 6.07 Å². The molecule has 1 aromatic heterocycles. The van der Waals surface area contributed by atoms with Crippen LogP contribution in [0.2, 0.25) is 0 Å². The quantitative estimate of drug-likeness (QED) is 0.229. The van der Waals surface area contributed by atoms with Crippen molar-refractivity contribution in [1.82, 2.24) is 15.6 Å². The summed E-state index contributed by atoms with van der Waals surface area (Å²) in [5.74, 6) is 2.34. The van der Waals surface area contributed by atoms with E-state index in [1.54, 1.807) is 46.6 Å². The zero-order chi connectivity index (χ0) is 21.5. The third-order valence-corrected chi connectivity index (χ3v) is 4.87. The molecule has 0 aliphatic rings. The number of hydrogen-bond donors (Lipinski definition) is 3. The number of H-pyrrole nitrogens is 1. The van der Waals surface area contributed by atoms with Gasteiger partial charge in [-0.05, 0) is 36.2 Å². The molecule has 0 saturated carbocycles. The van der Waals surface area contributed by atoms with E-state index in [0.29, 0.717) is 36.3 Å². The molecule has 7 nitrogen and oxygen atoms in total. The molecule has 3 N–H and O–H groups in total. The lowest BCUT2D eigenvalue weighted by atomic mass is 10.1. The summed E-state index contributed by atoms with van der Waals surface area (Å²) in [6, 6.07) is 8.42. The second kappa shape index (κ2) is 11.6. The zero-order valence-electron chi connectivity index (χ0n) is 18.0. The highest BCUT2D eigenvalue weighted by Crippen LogP contribution is 2.34. The van der Waals surface area contributed by atoms with Gasteiger partial charge in [0.2, 0.25) is 0 Å². The van der Waals surface area contributed by atoms with E-state index in [1.807, 2.05) is 12.3 Å². The molecule has 9 heteroatoms. The van der Waals surface area contributed by atoms with E-state index in [2.05, 4.69) is 20.6 Å². The van der Waals surface area contributed by atoms with E-state index in [-0.39, 0.29) is 29.8 Å². The van der Waals surface area contributed by atoms with Gasteiger partial charge in [-0.25, -0.2) is 4.39 Å². The van der Waals surface area contributed by atoms with Crippen LogP contribution in [-0.2, 0) is 13.0 Å². The van der Waals surface area contributed by atoms with Crippen molar-refractivity contribution in [2.75, 3.05) is 34.9 Å². The number of hydrogen-bond acceptors (Lipinski definition) is 4. The third kappa shape index (κ3) is 5.93. The fourth-order valence-electron chi connectivity index (χ4n) is 3.30. The molecule has 1 heterocycles. The van der Waals surface area contributed by atoms with Crippen LogP contribution >= 0.6 is 24.0 Å². The average molecular weight is 542 g/mol. The topological polar surface area (TPSA) is 79.9 Å². The van der Waals surface area contributed by atoms with Crippen LogP contribution in [0.5, 0.6) is 17.2 Å². The van der Waals surface area contributed by atoms with Gasteiger partial charge < -0.3 is 29.8 Å². The summed E-state index contributed by atoms with van der Waals surface area (Å²) in [5.41, 5.74) is 2.88. The summed E-state index contributed by atoms with van der Waals surface area (Å²) in [5, 5.41) is 7.45. The number of nitrogens with zero attached hydrogens (tertiary/aromatic N) is 1. The third-order valence-electron chi connectivity index (χ3n) is 4.87. The van der Waals surface area contributed by atoms with Gasteiger partial charge in [-0.15, -0.1) is 24.0 Å². The highest BCUT2D eigenvalue weighted by atomic mass is 127. The minimum absolute atomic E-state index is 0. The number of aromatic amines is 1. The maximum atomic E-state index is 13.5. The van der Waals surface area contributed by atoms with E-state index < -0.39 is 0 Å². The van der Waals surface area contributed by atoms with Gasteiger partial charge in [-0.1, -0.05) is 0 Å². The molecule has 168 valence electrons. The Morgan fingerprint density at radius 3 is 2.35 bits per heavy atom. The van der Waals surface area contributed by atoms with Gasteiger partial charge in [0.25, 0.3) is 0 Å². The fraction of sp³-hybridized carbons (Fsp3) is 0.318. The number of methoxy groups -OCH3 is 3. The molecule has 3 aromatic rings. The molecule has 0 spiro atoms. The lowest BCUT2D eigenvalue weighted by Crippen LogP contribution is -2.37. The van der Waals surface area contributed by atoms with Crippen LogP contribution in [-0.4, -0.2) is 45.9 Å². The van der Waals surface area contributed by atoms with Crippen LogP contribution in [0.25, 0.3) is 10.9 Å². The van der Waals surface area contributed by atoms with Gasteiger partial charge in [0.1, 0.15) is 11.6 Å². The van der Waals surface area contributed by atoms with Crippen LogP contribution in [0.4, 0.5) is 4.39 Å². The van der Waals surface area contributed by atoms with Gasteiger partial charge in [0.05, 0.1) is 21.3 Å². The summed E-state index contributed by atoms with van der Waals surface area (Å²) in [7, 11) is 6.51. The van der Waals surface area contributed by atoms with Crippen LogP contribution in [0, 0.1) is 5.82 Å². The maximum Gasteiger partial charge on any atom is 0.191 e.